The molecule has 0 spiro atoms. The maximum absolute atomic E-state index is 9.00. The number of aliphatic carboxylic acids is 1. The molecular weight excluding hydrogens is 181 g/mol. The van der Waals surface area contributed by atoms with Gasteiger partial charge in [-0.15, -0.1) is 0 Å². The van der Waals surface area contributed by atoms with E-state index in [-0.39, 0.29) is 48.0 Å². The van der Waals surface area contributed by atoms with Crippen LogP contribution in [0.5, 0.6) is 0 Å². The Morgan fingerprint density at radius 2 is 1.08 bits per heavy atom. The average Bonchev–Trinajstić information content (AvgIpc) is 1.25. The molecule has 0 aliphatic heterocycles. The molecule has 0 fully saturated rings. The van der Waals surface area contributed by atoms with Gasteiger partial charge in [-0.2, -0.15) is 0 Å². The van der Waals surface area contributed by atoms with Crippen LogP contribution in [-0.2, 0) is 4.79 Å². The van der Waals surface area contributed by atoms with Crippen LogP contribution < -0.4 is 53.1 Å². The maximum atomic E-state index is 9.00. The monoisotopic (exact) mass is 195 g/mol. The van der Waals surface area contributed by atoms with Crippen LogP contribution in [-0.4, -0.2) is 22.3 Å². The smallest absolute Gasteiger partial charge is 0.565 e. The molecule has 11 N–H and O–H groups in total. The molecule has 0 aromatic heterocycles. The molecule has 0 radical (unpaired) electrons. The van der Waals surface area contributed by atoms with E-state index in [1.165, 1.54) is 0 Å². The molecule has 0 aliphatic rings. The fraction of sp³-hybridized carbons (Fsp3) is 0.333. The van der Waals surface area contributed by atoms with Crippen molar-refractivity contribution >= 4 is 12.1 Å². The van der Waals surface area contributed by atoms with E-state index in [1.807, 2.05) is 0 Å². The zero-order valence-electron chi connectivity index (χ0n) is 7.24. The second kappa shape index (κ2) is 31.1. The molecule has 12 heavy (non-hydrogen) atoms. The second-order valence-electron chi connectivity index (χ2n) is 0.785. The van der Waals surface area contributed by atoms with Crippen molar-refractivity contribution in [3.05, 3.63) is 0 Å². The van der Waals surface area contributed by atoms with E-state index in [4.69, 9.17) is 24.9 Å². The van der Waals surface area contributed by atoms with E-state index in [1.54, 1.807) is 0 Å². The Hall–Kier alpha value is -0.380. The molecule has 0 saturated carbocycles. The minimum Gasteiger partial charge on any atom is -0.565 e. The van der Waals surface area contributed by atoms with Gasteiger partial charge in [-0.1, -0.05) is 0 Å². The van der Waals surface area contributed by atoms with Crippen LogP contribution in [0.25, 0.3) is 0 Å². The van der Waals surface area contributed by atoms with E-state index in [2.05, 4.69) is 0 Å². The first kappa shape index (κ1) is 41.5. The topological polar surface area (TPSA) is 203 Å². The molecule has 0 atom stereocenters. The third kappa shape index (κ3) is 4950. The summed E-state index contributed by atoms with van der Waals surface area (Å²) in [5.41, 5.74) is 0. The predicted octanol–water partition coefficient (Wildman–Crippen LogP) is -3.53. The first-order valence-electron chi connectivity index (χ1n) is 1.56. The summed E-state index contributed by atoms with van der Waals surface area (Å²) in [4.78, 5) is 17.4. The minimum atomic E-state index is -2.08. The van der Waals surface area contributed by atoms with Crippen molar-refractivity contribution in [1.82, 2.24) is 18.5 Å². The summed E-state index contributed by atoms with van der Waals surface area (Å²) in [6.07, 6.45) is -2.08. The summed E-state index contributed by atoms with van der Waals surface area (Å²) in [7, 11) is 0. The third-order valence-electron chi connectivity index (χ3n) is 0. The van der Waals surface area contributed by atoms with Gasteiger partial charge in [0.05, 0.1) is 0 Å². The number of carboxylic acid groups (broad SMARTS) is 3. The molecule has 9 heteroatoms. The minimum absolute atomic E-state index is 0. The standard InChI is InChI=1S/C2H4O2.CH2O3.3H3N.Na/c1-2(3)4;2-1(3)4;;;;/h1H3,(H,3,4);(H2,2,3,4);3*1H3;/q;;;;;+1/p-1. The van der Waals surface area contributed by atoms with Gasteiger partial charge in [0.15, 0.2) is 0 Å². The zero-order chi connectivity index (χ0) is 7.15. The van der Waals surface area contributed by atoms with Gasteiger partial charge in [0, 0.05) is 6.92 Å². The Morgan fingerprint density at radius 3 is 1.08 bits per heavy atom. The molecule has 0 aliphatic carbocycles. The van der Waals surface area contributed by atoms with Gasteiger partial charge in [-0.25, -0.2) is 0 Å². The predicted molar refractivity (Wildman–Crippen MR) is 36.4 cm³/mol. The summed E-state index contributed by atoms with van der Waals surface area (Å²) >= 11 is 0. The van der Waals surface area contributed by atoms with Crippen LogP contribution in [0.4, 0.5) is 4.79 Å². The molecule has 0 aromatic rings. The van der Waals surface area contributed by atoms with Gasteiger partial charge in [0.2, 0.25) is 6.16 Å². The number of rotatable bonds is 0. The molecule has 72 valence electrons. The van der Waals surface area contributed by atoms with Crippen molar-refractivity contribution in [1.29, 1.82) is 0 Å². The molecule has 0 saturated heterocycles. The SMILES string of the molecule is CC(=O)O.N.N.N.O=C([O-])O.[Na+]. The second-order valence-corrected chi connectivity index (χ2v) is 0.785. The molecule has 0 rings (SSSR count). The fourth-order valence-corrected chi connectivity index (χ4v) is 0. The van der Waals surface area contributed by atoms with Crippen LogP contribution in [0.1, 0.15) is 6.92 Å². The summed E-state index contributed by atoms with van der Waals surface area (Å²) in [6.45, 7) is 1.08. The zero-order valence-corrected chi connectivity index (χ0v) is 9.24. The molecule has 0 amide bonds. The van der Waals surface area contributed by atoms with Gasteiger partial charge < -0.3 is 38.6 Å². The van der Waals surface area contributed by atoms with E-state index in [0.717, 1.165) is 6.92 Å². The number of carbonyl (C=O) groups is 2. The van der Waals surface area contributed by atoms with Crippen LogP contribution in [0.15, 0.2) is 0 Å². The van der Waals surface area contributed by atoms with Crippen molar-refractivity contribution in [2.45, 2.75) is 6.92 Å². The summed E-state index contributed by atoms with van der Waals surface area (Å²) in [5, 5.41) is 22.7. The molecule has 0 heterocycles. The Labute approximate surface area is 92.0 Å². The van der Waals surface area contributed by atoms with Crippen molar-refractivity contribution in [2.75, 3.05) is 0 Å². The van der Waals surface area contributed by atoms with Gasteiger partial charge in [0.1, 0.15) is 0 Å². The third-order valence-corrected chi connectivity index (χ3v) is 0. The van der Waals surface area contributed by atoms with Crippen LogP contribution in [0.2, 0.25) is 0 Å². The van der Waals surface area contributed by atoms with E-state index in [9.17, 15) is 0 Å². The number of hydrogen-bond acceptors (Lipinski definition) is 6. The first-order valence-corrected chi connectivity index (χ1v) is 1.56. The van der Waals surface area contributed by atoms with E-state index < -0.39 is 12.1 Å². The van der Waals surface area contributed by atoms with Gasteiger partial charge in [0.25, 0.3) is 5.97 Å². The largest absolute Gasteiger partial charge is 1.00 e. The van der Waals surface area contributed by atoms with Crippen LogP contribution in [0.3, 0.4) is 0 Å². The van der Waals surface area contributed by atoms with E-state index >= 15 is 0 Å². The number of hydrogen-bond donors (Lipinski definition) is 5. The average molecular weight is 195 g/mol. The fourth-order valence-electron chi connectivity index (χ4n) is 0. The van der Waals surface area contributed by atoms with Gasteiger partial charge >= 0.3 is 29.6 Å². The van der Waals surface area contributed by atoms with Gasteiger partial charge in [-0.3, -0.25) is 4.79 Å². The molecule has 0 unspecified atom stereocenters. The quantitative estimate of drug-likeness (QED) is 0.244. The van der Waals surface area contributed by atoms with Crippen LogP contribution >= 0.6 is 0 Å². The Kier molecular flexibility index (Phi) is 108. The molecule has 0 aromatic carbocycles. The summed E-state index contributed by atoms with van der Waals surface area (Å²) < 4.78 is 0. The normalized spacial score (nSPS) is 4.08. The maximum Gasteiger partial charge on any atom is 1.00 e. The summed E-state index contributed by atoms with van der Waals surface area (Å²) in [6, 6.07) is 0. The molecule has 8 nitrogen and oxygen atoms in total. The van der Waals surface area contributed by atoms with Crippen LogP contribution in [0, 0.1) is 0 Å². The number of carboxylic acids is 1. The Balaban J connectivity index is -0.0000000112. The Morgan fingerprint density at radius 1 is 1.08 bits per heavy atom. The van der Waals surface area contributed by atoms with E-state index in [0.29, 0.717) is 0 Å². The summed E-state index contributed by atoms with van der Waals surface area (Å²) in [5.74, 6) is -0.833. The molecular formula is C3H14N3NaO5. The Bertz CT molecular complexity index is 79.9. The van der Waals surface area contributed by atoms with Crippen molar-refractivity contribution in [3.63, 3.8) is 0 Å². The van der Waals surface area contributed by atoms with Gasteiger partial charge in [-0.05, 0) is 0 Å². The van der Waals surface area contributed by atoms with Crippen molar-refractivity contribution < 1.29 is 54.5 Å². The van der Waals surface area contributed by atoms with Crippen molar-refractivity contribution in [3.8, 4) is 0 Å². The van der Waals surface area contributed by atoms with Crippen molar-refractivity contribution in [2.24, 2.45) is 0 Å². The first-order chi connectivity index (χ1) is 3.46. The molecule has 0 bridgehead atoms.